The van der Waals surface area contributed by atoms with E-state index in [0.29, 0.717) is 12.8 Å². The number of allylic oxidation sites excluding steroid dienone is 13. The standard InChI is InChI=1S/C37H63N2O6P/c1-3-5-7-9-11-13-15-17-19-20-22-24-26-28-30-36(40)35(34-45-46(42,43)44-33-32-38)39-37(41)31-29-27-25-23-21-18-16-14-12-10-8-6-4-2/h6,8,12-15,18,20-22,25,27-28,30,35-36,40H,3-5,7,9-11,16-17,19,23-24,26,29,31-34,38H2,1-2H3,(H,39,41)(H,42,43)/b8-6-,14-12-,15-13+,21-18-,22-20+,27-25-,30-28+. The van der Waals surface area contributed by atoms with Gasteiger partial charge in [0.2, 0.25) is 5.91 Å². The van der Waals surface area contributed by atoms with Crippen LogP contribution < -0.4 is 11.1 Å². The molecule has 0 fully saturated rings. The zero-order valence-corrected chi connectivity index (χ0v) is 29.4. The van der Waals surface area contributed by atoms with Crippen LogP contribution in [0.1, 0.15) is 110 Å². The van der Waals surface area contributed by atoms with Gasteiger partial charge in [-0.3, -0.25) is 13.8 Å². The number of aliphatic hydroxyl groups excluding tert-OH is 1. The van der Waals surface area contributed by atoms with Crippen LogP contribution >= 0.6 is 7.82 Å². The van der Waals surface area contributed by atoms with Crippen molar-refractivity contribution in [3.63, 3.8) is 0 Å². The van der Waals surface area contributed by atoms with E-state index in [1.54, 1.807) is 6.08 Å². The number of rotatable bonds is 30. The number of amides is 1. The Labute approximate surface area is 279 Å². The number of carbonyl (C=O) groups is 1. The van der Waals surface area contributed by atoms with Gasteiger partial charge in [0.25, 0.3) is 0 Å². The van der Waals surface area contributed by atoms with Crippen molar-refractivity contribution in [3.8, 4) is 0 Å². The van der Waals surface area contributed by atoms with Crippen LogP contribution in [0.3, 0.4) is 0 Å². The lowest BCUT2D eigenvalue weighted by Gasteiger charge is -2.23. The Morgan fingerprint density at radius 1 is 0.739 bits per heavy atom. The molecule has 8 nitrogen and oxygen atoms in total. The van der Waals surface area contributed by atoms with Gasteiger partial charge in [-0.05, 0) is 70.6 Å². The highest BCUT2D eigenvalue weighted by Gasteiger charge is 2.26. The van der Waals surface area contributed by atoms with Crippen LogP contribution in [0.2, 0.25) is 0 Å². The fraction of sp³-hybridized carbons (Fsp3) is 0.595. The van der Waals surface area contributed by atoms with E-state index < -0.39 is 26.6 Å². The van der Waals surface area contributed by atoms with Gasteiger partial charge in [-0.15, -0.1) is 0 Å². The number of hydrogen-bond acceptors (Lipinski definition) is 6. The molecule has 0 saturated carbocycles. The quantitative estimate of drug-likeness (QED) is 0.0344. The molecule has 9 heteroatoms. The molecule has 0 saturated heterocycles. The van der Waals surface area contributed by atoms with E-state index in [1.807, 2.05) is 18.2 Å². The zero-order chi connectivity index (χ0) is 34.0. The summed E-state index contributed by atoms with van der Waals surface area (Å²) in [6.45, 7) is 3.86. The second-order valence-corrected chi connectivity index (χ2v) is 12.4. The molecule has 0 aliphatic heterocycles. The minimum Gasteiger partial charge on any atom is -0.387 e. The summed E-state index contributed by atoms with van der Waals surface area (Å²) in [5.41, 5.74) is 5.33. The molecule has 1 amide bonds. The molecule has 0 rings (SSSR count). The fourth-order valence-electron chi connectivity index (χ4n) is 4.11. The Morgan fingerprint density at radius 3 is 1.87 bits per heavy atom. The Bertz CT molecular complexity index is 986. The largest absolute Gasteiger partial charge is 0.472 e. The summed E-state index contributed by atoms with van der Waals surface area (Å²) in [6.07, 6.45) is 42.2. The number of unbranched alkanes of at least 4 members (excludes halogenated alkanes) is 6. The molecule has 0 aliphatic rings. The zero-order valence-electron chi connectivity index (χ0n) is 28.5. The van der Waals surface area contributed by atoms with Gasteiger partial charge in [-0.25, -0.2) is 4.57 Å². The second-order valence-electron chi connectivity index (χ2n) is 11.0. The van der Waals surface area contributed by atoms with Crippen LogP contribution in [-0.2, 0) is 18.4 Å². The van der Waals surface area contributed by atoms with Gasteiger partial charge < -0.3 is 21.1 Å². The predicted molar refractivity (Wildman–Crippen MR) is 193 cm³/mol. The molecule has 3 atom stereocenters. The molecule has 3 unspecified atom stereocenters. The Hall–Kier alpha value is -2.32. The van der Waals surface area contributed by atoms with Crippen molar-refractivity contribution in [1.82, 2.24) is 5.32 Å². The Kier molecular flexibility index (Phi) is 31.0. The highest BCUT2D eigenvalue weighted by atomic mass is 31.2. The molecular formula is C37H63N2O6P. The molecule has 0 aliphatic carbocycles. The van der Waals surface area contributed by atoms with Crippen molar-refractivity contribution in [2.45, 2.75) is 122 Å². The van der Waals surface area contributed by atoms with Crippen molar-refractivity contribution in [2.24, 2.45) is 5.73 Å². The average molecular weight is 663 g/mol. The number of phosphoric ester groups is 1. The number of nitrogens with two attached hydrogens (primary N) is 1. The molecule has 0 bridgehead atoms. The lowest BCUT2D eigenvalue weighted by atomic mass is 10.1. The van der Waals surface area contributed by atoms with Crippen LogP contribution in [0.4, 0.5) is 0 Å². The van der Waals surface area contributed by atoms with Crippen LogP contribution in [0.5, 0.6) is 0 Å². The first kappa shape index (κ1) is 43.7. The van der Waals surface area contributed by atoms with Gasteiger partial charge in [0.15, 0.2) is 0 Å². The topological polar surface area (TPSA) is 131 Å². The normalized spacial score (nSPS) is 15.5. The van der Waals surface area contributed by atoms with E-state index in [9.17, 15) is 19.4 Å². The number of phosphoric acid groups is 1. The Balaban J connectivity index is 4.62. The predicted octanol–water partition coefficient (Wildman–Crippen LogP) is 8.71. The molecule has 262 valence electrons. The van der Waals surface area contributed by atoms with Crippen LogP contribution in [0, 0.1) is 0 Å². The number of aliphatic hydroxyl groups is 1. The van der Waals surface area contributed by atoms with Gasteiger partial charge in [-0.1, -0.05) is 118 Å². The molecule has 46 heavy (non-hydrogen) atoms. The van der Waals surface area contributed by atoms with Crippen molar-refractivity contribution in [2.75, 3.05) is 19.8 Å². The summed E-state index contributed by atoms with van der Waals surface area (Å²) in [7, 11) is -4.36. The van der Waals surface area contributed by atoms with E-state index in [0.717, 1.165) is 51.4 Å². The van der Waals surface area contributed by atoms with E-state index in [1.165, 1.54) is 25.7 Å². The third kappa shape index (κ3) is 30.3. The third-order valence-corrected chi connectivity index (χ3v) is 7.68. The van der Waals surface area contributed by atoms with Gasteiger partial charge in [0.05, 0.1) is 25.4 Å². The fourth-order valence-corrected chi connectivity index (χ4v) is 4.87. The first-order valence-electron chi connectivity index (χ1n) is 17.2. The van der Waals surface area contributed by atoms with Gasteiger partial charge in [0, 0.05) is 13.0 Å². The van der Waals surface area contributed by atoms with Crippen molar-refractivity contribution in [1.29, 1.82) is 0 Å². The molecule has 0 radical (unpaired) electrons. The summed E-state index contributed by atoms with van der Waals surface area (Å²) in [5.74, 6) is -0.294. The van der Waals surface area contributed by atoms with E-state index in [2.05, 4.69) is 79.9 Å². The SMILES string of the molecule is CC/C=C\C/C=C\C/C=C\C/C=C\CCC(=O)NC(COP(=O)(O)OCCN)C(O)/C=C/CC/C=C/CC/C=C/CCCCCC. The maximum Gasteiger partial charge on any atom is 0.472 e. The smallest absolute Gasteiger partial charge is 0.387 e. The van der Waals surface area contributed by atoms with Crippen molar-refractivity contribution in [3.05, 3.63) is 85.1 Å². The number of hydrogen-bond donors (Lipinski definition) is 4. The first-order chi connectivity index (χ1) is 22.4. The average Bonchev–Trinajstić information content (AvgIpc) is 3.04. The minimum absolute atomic E-state index is 0.0566. The molecule has 0 aromatic heterocycles. The molecule has 0 aromatic carbocycles. The lowest BCUT2D eigenvalue weighted by Crippen LogP contribution is -2.45. The maximum atomic E-state index is 12.6. The molecule has 0 heterocycles. The van der Waals surface area contributed by atoms with E-state index >= 15 is 0 Å². The molecule has 0 aromatic rings. The van der Waals surface area contributed by atoms with Crippen LogP contribution in [0.25, 0.3) is 0 Å². The molecule has 5 N–H and O–H groups in total. The maximum absolute atomic E-state index is 12.6. The summed E-state index contributed by atoms with van der Waals surface area (Å²) in [4.78, 5) is 22.5. The third-order valence-electron chi connectivity index (χ3n) is 6.70. The monoisotopic (exact) mass is 662 g/mol. The van der Waals surface area contributed by atoms with Crippen molar-refractivity contribution < 1.29 is 28.4 Å². The highest BCUT2D eigenvalue weighted by Crippen LogP contribution is 2.43. The highest BCUT2D eigenvalue weighted by molar-refractivity contribution is 7.47. The van der Waals surface area contributed by atoms with Crippen LogP contribution in [-0.4, -0.2) is 47.8 Å². The van der Waals surface area contributed by atoms with Crippen molar-refractivity contribution >= 4 is 13.7 Å². The lowest BCUT2D eigenvalue weighted by molar-refractivity contribution is -0.122. The van der Waals surface area contributed by atoms with Crippen LogP contribution in [0.15, 0.2) is 85.1 Å². The number of nitrogens with one attached hydrogen (secondary N) is 1. The Morgan fingerprint density at radius 2 is 1.28 bits per heavy atom. The second kappa shape index (κ2) is 32.6. The van der Waals surface area contributed by atoms with Gasteiger partial charge in [0.1, 0.15) is 0 Å². The van der Waals surface area contributed by atoms with E-state index in [-0.39, 0.29) is 25.5 Å². The van der Waals surface area contributed by atoms with Gasteiger partial charge >= 0.3 is 7.82 Å². The van der Waals surface area contributed by atoms with E-state index in [4.69, 9.17) is 14.8 Å². The number of carbonyl (C=O) groups excluding carboxylic acids is 1. The molecular weight excluding hydrogens is 599 g/mol. The first-order valence-corrected chi connectivity index (χ1v) is 18.7. The van der Waals surface area contributed by atoms with Gasteiger partial charge in [-0.2, -0.15) is 0 Å². The summed E-state index contributed by atoms with van der Waals surface area (Å²) < 4.78 is 21.9. The summed E-state index contributed by atoms with van der Waals surface area (Å²) in [6, 6.07) is -0.924. The summed E-state index contributed by atoms with van der Waals surface area (Å²) in [5, 5.41) is 13.5. The minimum atomic E-state index is -4.36. The molecule has 0 spiro atoms. The summed E-state index contributed by atoms with van der Waals surface area (Å²) >= 11 is 0.